The van der Waals surface area contributed by atoms with Gasteiger partial charge in [0.1, 0.15) is 5.82 Å². The largest absolute Gasteiger partial charge is 0.383 e. The summed E-state index contributed by atoms with van der Waals surface area (Å²) in [6, 6.07) is 5.96. The molecule has 0 saturated carbocycles. The number of anilines is 2. The number of rotatable bonds is 4. The van der Waals surface area contributed by atoms with Crippen LogP contribution in [0.1, 0.15) is 17.3 Å². The molecule has 0 bridgehead atoms. The van der Waals surface area contributed by atoms with Crippen molar-refractivity contribution in [3.05, 3.63) is 52.5 Å². The lowest BCUT2D eigenvalue weighted by Gasteiger charge is -2.11. The lowest BCUT2D eigenvalue weighted by atomic mass is 10.2. The first kappa shape index (κ1) is 14.5. The van der Waals surface area contributed by atoms with E-state index in [2.05, 4.69) is 31.5 Å². The van der Waals surface area contributed by atoms with E-state index in [1.54, 1.807) is 18.3 Å². The fourth-order valence-corrected chi connectivity index (χ4v) is 2.07. The highest BCUT2D eigenvalue weighted by molar-refractivity contribution is 9.10. The molecule has 0 spiro atoms. The van der Waals surface area contributed by atoms with Crippen LogP contribution in [0.3, 0.4) is 0 Å². The van der Waals surface area contributed by atoms with Gasteiger partial charge < -0.3 is 10.6 Å². The average Bonchev–Trinajstić information content (AvgIpc) is 2.44. The van der Waals surface area contributed by atoms with Crippen molar-refractivity contribution in [2.24, 2.45) is 0 Å². The van der Waals surface area contributed by atoms with E-state index in [1.807, 2.05) is 6.92 Å². The number of hydrogen-bond donors (Lipinski definition) is 2. The Bertz CT molecular complexity index is 634. The quantitative estimate of drug-likeness (QED) is 0.894. The first-order valence-corrected chi connectivity index (χ1v) is 6.85. The van der Waals surface area contributed by atoms with Crippen molar-refractivity contribution in [1.29, 1.82) is 0 Å². The number of amides is 1. The number of nitrogens with one attached hydrogen (secondary N) is 2. The van der Waals surface area contributed by atoms with E-state index in [1.165, 1.54) is 18.3 Å². The second-order valence-corrected chi connectivity index (χ2v) is 4.95. The van der Waals surface area contributed by atoms with E-state index in [-0.39, 0.29) is 11.6 Å². The molecule has 0 aliphatic heterocycles. The van der Waals surface area contributed by atoms with E-state index in [9.17, 15) is 9.18 Å². The number of carbonyl (C=O) groups is 1. The molecule has 2 N–H and O–H groups in total. The van der Waals surface area contributed by atoms with Crippen LogP contribution in [0.4, 0.5) is 15.8 Å². The molecule has 1 heterocycles. The maximum absolute atomic E-state index is 13.6. The van der Waals surface area contributed by atoms with Gasteiger partial charge in [-0.2, -0.15) is 0 Å². The zero-order chi connectivity index (χ0) is 14.5. The number of halogens is 2. The predicted molar refractivity (Wildman–Crippen MR) is 80.5 cm³/mol. The van der Waals surface area contributed by atoms with Crippen LogP contribution in [0, 0.1) is 5.82 Å². The molecule has 0 atom stereocenters. The normalized spacial score (nSPS) is 10.2. The maximum Gasteiger partial charge on any atom is 0.257 e. The van der Waals surface area contributed by atoms with Crippen LogP contribution < -0.4 is 10.6 Å². The van der Waals surface area contributed by atoms with Gasteiger partial charge in [-0.15, -0.1) is 0 Å². The molecule has 2 rings (SSSR count). The van der Waals surface area contributed by atoms with Gasteiger partial charge >= 0.3 is 0 Å². The van der Waals surface area contributed by atoms with Crippen molar-refractivity contribution in [1.82, 2.24) is 4.98 Å². The monoisotopic (exact) mass is 337 g/mol. The van der Waals surface area contributed by atoms with Crippen molar-refractivity contribution in [2.75, 3.05) is 17.2 Å². The summed E-state index contributed by atoms with van der Waals surface area (Å²) in [6.45, 7) is 2.58. The standard InChI is InChI=1S/C14H13BrFN3O/c1-2-18-13-8-17-6-5-10(13)14(20)19-12-7-9(15)3-4-11(12)16/h3-8,18H,2H2,1H3,(H,19,20). The molecule has 0 saturated heterocycles. The molecule has 0 aliphatic rings. The molecular formula is C14H13BrFN3O. The predicted octanol–water partition coefficient (Wildman–Crippen LogP) is 3.67. The van der Waals surface area contributed by atoms with Crippen LogP contribution in [-0.2, 0) is 0 Å². The van der Waals surface area contributed by atoms with Gasteiger partial charge in [0.15, 0.2) is 0 Å². The minimum atomic E-state index is -0.486. The fraction of sp³-hybridized carbons (Fsp3) is 0.143. The van der Waals surface area contributed by atoms with Crippen molar-refractivity contribution >= 4 is 33.2 Å². The highest BCUT2D eigenvalue weighted by Gasteiger charge is 2.13. The Morgan fingerprint density at radius 2 is 2.15 bits per heavy atom. The van der Waals surface area contributed by atoms with Crippen LogP contribution in [0.25, 0.3) is 0 Å². The number of benzene rings is 1. The Labute approximate surface area is 124 Å². The molecule has 1 aromatic heterocycles. The molecule has 0 aliphatic carbocycles. The SMILES string of the molecule is CCNc1cnccc1C(=O)Nc1cc(Br)ccc1F. The van der Waals surface area contributed by atoms with Crippen LogP contribution in [0.2, 0.25) is 0 Å². The second kappa shape index (κ2) is 6.47. The zero-order valence-corrected chi connectivity index (χ0v) is 12.4. The number of hydrogen-bond acceptors (Lipinski definition) is 3. The molecule has 1 aromatic carbocycles. The third kappa shape index (κ3) is 3.33. The summed E-state index contributed by atoms with van der Waals surface area (Å²) in [6.07, 6.45) is 3.09. The molecule has 0 fully saturated rings. The lowest BCUT2D eigenvalue weighted by molar-refractivity contribution is 0.102. The van der Waals surface area contributed by atoms with Crippen LogP contribution in [0.5, 0.6) is 0 Å². The second-order valence-electron chi connectivity index (χ2n) is 4.03. The highest BCUT2D eigenvalue weighted by atomic mass is 79.9. The van der Waals surface area contributed by atoms with Crippen LogP contribution in [0.15, 0.2) is 41.1 Å². The van der Waals surface area contributed by atoms with E-state index in [0.29, 0.717) is 22.3 Å². The molecule has 0 radical (unpaired) electrons. The fourth-order valence-electron chi connectivity index (χ4n) is 1.71. The lowest BCUT2D eigenvalue weighted by Crippen LogP contribution is -2.15. The summed E-state index contributed by atoms with van der Waals surface area (Å²) in [4.78, 5) is 16.2. The molecule has 2 aromatic rings. The highest BCUT2D eigenvalue weighted by Crippen LogP contribution is 2.22. The molecule has 4 nitrogen and oxygen atoms in total. The Morgan fingerprint density at radius 1 is 1.35 bits per heavy atom. The summed E-state index contributed by atoms with van der Waals surface area (Å²) >= 11 is 3.24. The minimum absolute atomic E-state index is 0.128. The van der Waals surface area contributed by atoms with Gasteiger partial charge in [0, 0.05) is 17.2 Å². The Morgan fingerprint density at radius 3 is 2.90 bits per heavy atom. The zero-order valence-electron chi connectivity index (χ0n) is 10.8. The van der Waals surface area contributed by atoms with Gasteiger partial charge in [-0.05, 0) is 31.2 Å². The summed E-state index contributed by atoms with van der Waals surface area (Å²) in [5.41, 5.74) is 1.16. The van der Waals surface area contributed by atoms with Gasteiger partial charge in [-0.1, -0.05) is 15.9 Å². The maximum atomic E-state index is 13.6. The van der Waals surface area contributed by atoms with E-state index in [4.69, 9.17) is 0 Å². The van der Waals surface area contributed by atoms with Crippen molar-refractivity contribution < 1.29 is 9.18 Å². The van der Waals surface area contributed by atoms with Gasteiger partial charge in [0.05, 0.1) is 23.1 Å². The van der Waals surface area contributed by atoms with Crippen LogP contribution >= 0.6 is 15.9 Å². The van der Waals surface area contributed by atoms with Crippen molar-refractivity contribution in [3.8, 4) is 0 Å². The summed E-state index contributed by atoms with van der Waals surface area (Å²) < 4.78 is 14.3. The third-order valence-corrected chi connectivity index (χ3v) is 3.10. The van der Waals surface area contributed by atoms with Gasteiger partial charge in [-0.25, -0.2) is 4.39 Å². The summed E-state index contributed by atoms with van der Waals surface area (Å²) in [5.74, 6) is -0.874. The molecule has 1 amide bonds. The van der Waals surface area contributed by atoms with E-state index < -0.39 is 5.82 Å². The minimum Gasteiger partial charge on any atom is -0.383 e. The first-order valence-electron chi connectivity index (χ1n) is 6.06. The Balaban J connectivity index is 2.26. The van der Waals surface area contributed by atoms with Gasteiger partial charge in [0.25, 0.3) is 5.91 Å². The molecule has 20 heavy (non-hydrogen) atoms. The molecular weight excluding hydrogens is 325 g/mol. The van der Waals surface area contributed by atoms with Gasteiger partial charge in [-0.3, -0.25) is 9.78 Å². The first-order chi connectivity index (χ1) is 9.61. The van der Waals surface area contributed by atoms with Crippen LogP contribution in [-0.4, -0.2) is 17.4 Å². The third-order valence-electron chi connectivity index (χ3n) is 2.61. The number of pyridine rings is 1. The summed E-state index contributed by atoms with van der Waals surface area (Å²) in [5, 5.41) is 5.60. The van der Waals surface area contributed by atoms with Gasteiger partial charge in [0.2, 0.25) is 0 Å². The topological polar surface area (TPSA) is 54.0 Å². The number of carbonyl (C=O) groups excluding carboxylic acids is 1. The van der Waals surface area contributed by atoms with Crippen molar-refractivity contribution in [2.45, 2.75) is 6.92 Å². The molecule has 104 valence electrons. The average molecular weight is 338 g/mol. The van der Waals surface area contributed by atoms with E-state index >= 15 is 0 Å². The molecule has 0 unspecified atom stereocenters. The van der Waals surface area contributed by atoms with E-state index in [0.717, 1.165) is 0 Å². The van der Waals surface area contributed by atoms with Crippen molar-refractivity contribution in [3.63, 3.8) is 0 Å². The number of nitrogens with zero attached hydrogens (tertiary/aromatic N) is 1. The Kier molecular flexibility index (Phi) is 4.68. The smallest absolute Gasteiger partial charge is 0.257 e. The summed E-state index contributed by atoms with van der Waals surface area (Å²) in [7, 11) is 0. The Hall–Kier alpha value is -1.95. The molecule has 6 heteroatoms. The number of aromatic nitrogens is 1.